The van der Waals surface area contributed by atoms with Crippen LogP contribution in [-0.4, -0.2) is 35.5 Å². The van der Waals surface area contributed by atoms with Gasteiger partial charge < -0.3 is 10.0 Å². The first-order valence-electron chi connectivity index (χ1n) is 10.1. The molecule has 0 amide bonds. The number of carbonyl (C=O) groups is 1. The van der Waals surface area contributed by atoms with E-state index in [0.29, 0.717) is 17.1 Å². The monoisotopic (exact) mass is 478 g/mol. The number of rotatable bonds is 6. The summed E-state index contributed by atoms with van der Waals surface area (Å²) in [6, 6.07) is 15.5. The van der Waals surface area contributed by atoms with Gasteiger partial charge in [-0.15, -0.1) is 0 Å². The lowest BCUT2D eigenvalue weighted by Gasteiger charge is -2.19. The lowest BCUT2D eigenvalue weighted by molar-refractivity contribution is -0.136. The van der Waals surface area contributed by atoms with Crippen molar-refractivity contribution >= 4 is 38.4 Å². The van der Waals surface area contributed by atoms with Gasteiger partial charge in [0.25, 0.3) is 10.0 Å². The zero-order valence-corrected chi connectivity index (χ0v) is 19.0. The number of carboxylic acid groups (broad SMARTS) is 1. The standard InChI is InChI=1S/C24H19FN4O4S/c1-15-20(12-24(30)31)21-11-17(25)6-8-22(21)29(15)34(32,33)19-7-9-23(27-14-19)28(2)18-5-3-4-16(10-18)13-26/h3-11,14H,12H2,1-2H3,(H,30,31). The second-order valence-corrected chi connectivity index (χ2v) is 9.43. The summed E-state index contributed by atoms with van der Waals surface area (Å²) in [5, 5.41) is 18.6. The molecule has 172 valence electrons. The third-order valence-corrected chi connectivity index (χ3v) is 7.33. The molecule has 4 aromatic rings. The van der Waals surface area contributed by atoms with Gasteiger partial charge in [-0.2, -0.15) is 5.26 Å². The molecular formula is C24H19FN4O4S. The highest BCUT2D eigenvalue weighted by Gasteiger charge is 2.26. The van der Waals surface area contributed by atoms with Crippen molar-refractivity contribution in [2.75, 3.05) is 11.9 Å². The molecule has 0 aliphatic rings. The van der Waals surface area contributed by atoms with Crippen LogP contribution in [0.3, 0.4) is 0 Å². The molecule has 0 bridgehead atoms. The molecule has 0 fully saturated rings. The number of halogens is 1. The van der Waals surface area contributed by atoms with Crippen LogP contribution in [-0.2, 0) is 21.2 Å². The first kappa shape index (κ1) is 22.9. The smallest absolute Gasteiger partial charge is 0.307 e. The lowest BCUT2D eigenvalue weighted by atomic mass is 10.1. The van der Waals surface area contributed by atoms with Crippen LogP contribution in [0, 0.1) is 24.1 Å². The third-order valence-electron chi connectivity index (χ3n) is 5.54. The number of fused-ring (bicyclic) bond motifs is 1. The van der Waals surface area contributed by atoms with E-state index in [9.17, 15) is 22.7 Å². The Kier molecular flexibility index (Phi) is 5.81. The van der Waals surface area contributed by atoms with E-state index in [0.717, 1.165) is 16.1 Å². The van der Waals surface area contributed by atoms with Crippen LogP contribution in [0.1, 0.15) is 16.8 Å². The van der Waals surface area contributed by atoms with E-state index in [1.54, 1.807) is 36.2 Å². The molecule has 0 aliphatic carbocycles. The minimum atomic E-state index is -4.16. The Morgan fingerprint density at radius 3 is 2.62 bits per heavy atom. The van der Waals surface area contributed by atoms with Crippen LogP contribution in [0.25, 0.3) is 10.9 Å². The number of aliphatic carboxylic acids is 1. The van der Waals surface area contributed by atoms with Crippen LogP contribution in [0.2, 0.25) is 0 Å². The first-order chi connectivity index (χ1) is 16.1. The Balaban J connectivity index is 1.78. The predicted octanol–water partition coefficient (Wildman–Crippen LogP) is 3.99. The maximum Gasteiger partial charge on any atom is 0.307 e. The first-order valence-corrected chi connectivity index (χ1v) is 11.5. The number of pyridine rings is 1. The van der Waals surface area contributed by atoms with Crippen molar-refractivity contribution in [1.82, 2.24) is 8.96 Å². The summed E-state index contributed by atoms with van der Waals surface area (Å²) in [6.07, 6.45) is 0.763. The molecule has 8 nitrogen and oxygen atoms in total. The quantitative estimate of drug-likeness (QED) is 0.445. The fraction of sp³-hybridized carbons (Fsp3) is 0.125. The molecule has 2 heterocycles. The van der Waals surface area contributed by atoms with Gasteiger partial charge >= 0.3 is 5.97 Å². The Bertz CT molecular complexity index is 1570. The van der Waals surface area contributed by atoms with Crippen LogP contribution in [0.15, 0.2) is 65.7 Å². The fourth-order valence-corrected chi connectivity index (χ4v) is 5.38. The maximum atomic E-state index is 13.9. The summed E-state index contributed by atoms with van der Waals surface area (Å²) in [4.78, 5) is 17.2. The van der Waals surface area contributed by atoms with Gasteiger partial charge in [-0.05, 0) is 61.0 Å². The number of carboxylic acids is 1. The molecule has 0 spiro atoms. The summed E-state index contributed by atoms with van der Waals surface area (Å²) in [6.45, 7) is 1.49. The van der Waals surface area contributed by atoms with Gasteiger partial charge in [0, 0.05) is 30.0 Å². The van der Waals surface area contributed by atoms with Crippen molar-refractivity contribution in [3.05, 3.63) is 83.4 Å². The van der Waals surface area contributed by atoms with E-state index >= 15 is 0 Å². The van der Waals surface area contributed by atoms with Crippen molar-refractivity contribution in [3.63, 3.8) is 0 Å². The molecule has 4 rings (SSSR count). The number of aromatic nitrogens is 2. The number of hydrogen-bond acceptors (Lipinski definition) is 6. The molecule has 0 atom stereocenters. The molecule has 0 aliphatic heterocycles. The predicted molar refractivity (Wildman–Crippen MR) is 124 cm³/mol. The van der Waals surface area contributed by atoms with Crippen LogP contribution in [0.5, 0.6) is 0 Å². The van der Waals surface area contributed by atoms with Gasteiger partial charge in [-0.3, -0.25) is 4.79 Å². The summed E-state index contributed by atoms with van der Waals surface area (Å²) in [5.41, 5.74) is 1.79. The number of hydrogen-bond donors (Lipinski definition) is 1. The summed E-state index contributed by atoms with van der Waals surface area (Å²) in [5.74, 6) is -1.29. The molecule has 2 aromatic heterocycles. The van der Waals surface area contributed by atoms with Crippen LogP contribution in [0.4, 0.5) is 15.9 Å². The van der Waals surface area contributed by atoms with Crippen molar-refractivity contribution in [1.29, 1.82) is 5.26 Å². The lowest BCUT2D eigenvalue weighted by Crippen LogP contribution is -2.16. The molecule has 0 saturated carbocycles. The Morgan fingerprint density at radius 1 is 1.21 bits per heavy atom. The molecule has 0 radical (unpaired) electrons. The highest BCUT2D eigenvalue weighted by atomic mass is 32.2. The van der Waals surface area contributed by atoms with E-state index in [2.05, 4.69) is 11.1 Å². The Labute approximate surface area is 195 Å². The van der Waals surface area contributed by atoms with Crippen LogP contribution < -0.4 is 4.90 Å². The largest absolute Gasteiger partial charge is 0.481 e. The minimum Gasteiger partial charge on any atom is -0.481 e. The Morgan fingerprint density at radius 2 is 1.97 bits per heavy atom. The second kappa shape index (κ2) is 8.61. The normalized spacial score (nSPS) is 11.4. The number of nitriles is 1. The summed E-state index contributed by atoms with van der Waals surface area (Å²) >= 11 is 0. The number of benzene rings is 2. The van der Waals surface area contributed by atoms with Gasteiger partial charge in [-0.25, -0.2) is 21.8 Å². The van der Waals surface area contributed by atoms with E-state index in [-0.39, 0.29) is 27.1 Å². The molecule has 0 unspecified atom stereocenters. The van der Waals surface area contributed by atoms with Gasteiger partial charge in [0.2, 0.25) is 0 Å². The summed E-state index contributed by atoms with van der Waals surface area (Å²) in [7, 11) is -2.43. The molecule has 1 N–H and O–H groups in total. The molecular weight excluding hydrogens is 459 g/mol. The topological polar surface area (TPSA) is 116 Å². The van der Waals surface area contributed by atoms with E-state index in [1.807, 2.05) is 0 Å². The van der Waals surface area contributed by atoms with E-state index < -0.39 is 28.2 Å². The average molecular weight is 479 g/mol. The highest BCUT2D eigenvalue weighted by Crippen LogP contribution is 2.31. The van der Waals surface area contributed by atoms with Gasteiger partial charge in [0.05, 0.1) is 23.6 Å². The van der Waals surface area contributed by atoms with E-state index in [4.69, 9.17) is 5.26 Å². The van der Waals surface area contributed by atoms with E-state index in [1.165, 1.54) is 31.3 Å². The summed E-state index contributed by atoms with van der Waals surface area (Å²) < 4.78 is 41.9. The number of anilines is 2. The highest BCUT2D eigenvalue weighted by molar-refractivity contribution is 7.90. The zero-order valence-electron chi connectivity index (χ0n) is 18.2. The zero-order chi connectivity index (χ0) is 24.6. The average Bonchev–Trinajstić information content (AvgIpc) is 3.09. The number of nitrogens with zero attached hydrogens (tertiary/aromatic N) is 4. The molecule has 2 aromatic carbocycles. The van der Waals surface area contributed by atoms with Crippen LogP contribution >= 0.6 is 0 Å². The van der Waals surface area contributed by atoms with Crippen molar-refractivity contribution in [3.8, 4) is 6.07 Å². The Hall–Kier alpha value is -4.23. The third kappa shape index (κ3) is 3.97. The molecule has 10 heteroatoms. The minimum absolute atomic E-state index is 0.110. The fourth-order valence-electron chi connectivity index (χ4n) is 3.85. The molecule has 34 heavy (non-hydrogen) atoms. The maximum absolute atomic E-state index is 13.9. The van der Waals surface area contributed by atoms with Crippen molar-refractivity contribution in [2.24, 2.45) is 0 Å². The molecule has 0 saturated heterocycles. The van der Waals surface area contributed by atoms with Gasteiger partial charge in [-0.1, -0.05) is 6.07 Å². The SMILES string of the molecule is Cc1c(CC(=O)O)c2cc(F)ccc2n1S(=O)(=O)c1ccc(N(C)c2cccc(C#N)c2)nc1. The van der Waals surface area contributed by atoms with Crippen molar-refractivity contribution < 1.29 is 22.7 Å². The van der Waals surface area contributed by atoms with Crippen molar-refractivity contribution in [2.45, 2.75) is 18.2 Å². The second-order valence-electron chi connectivity index (χ2n) is 7.64. The van der Waals surface area contributed by atoms with Gasteiger partial charge in [0.1, 0.15) is 16.5 Å². The van der Waals surface area contributed by atoms with Gasteiger partial charge in [0.15, 0.2) is 0 Å².